The molecule has 1 aromatic rings. The highest BCUT2D eigenvalue weighted by atomic mass is 79.9. The van der Waals surface area contributed by atoms with E-state index in [0.717, 1.165) is 4.47 Å². The molecule has 0 unspecified atom stereocenters. The highest BCUT2D eigenvalue weighted by molar-refractivity contribution is 9.10. The lowest BCUT2D eigenvalue weighted by Gasteiger charge is -2.24. The molecule has 7 nitrogen and oxygen atoms in total. The molecule has 1 aromatic carbocycles. The summed E-state index contributed by atoms with van der Waals surface area (Å²) in [5.41, 5.74) is -0.480. The zero-order valence-corrected chi connectivity index (χ0v) is 10.3. The maximum absolute atomic E-state index is 11.8. The van der Waals surface area contributed by atoms with Crippen molar-refractivity contribution in [3.8, 4) is 0 Å². The van der Waals surface area contributed by atoms with Crippen LogP contribution >= 0.6 is 15.9 Å². The van der Waals surface area contributed by atoms with E-state index < -0.39 is 23.6 Å². The third kappa shape index (κ3) is 1.97. The fourth-order valence-electron chi connectivity index (χ4n) is 1.42. The van der Waals surface area contributed by atoms with Gasteiger partial charge in [0.2, 0.25) is 5.71 Å². The molecule has 18 heavy (non-hydrogen) atoms. The van der Waals surface area contributed by atoms with E-state index in [9.17, 15) is 14.4 Å². The number of hydrogen-bond donors (Lipinski definition) is 2. The summed E-state index contributed by atoms with van der Waals surface area (Å²) in [5, 5.41) is 13.1. The number of rotatable bonds is 1. The third-order valence-electron chi connectivity index (χ3n) is 2.23. The summed E-state index contributed by atoms with van der Waals surface area (Å²) in [6, 6.07) is 5.38. The van der Waals surface area contributed by atoms with Crippen molar-refractivity contribution in [3.05, 3.63) is 28.7 Å². The number of anilines is 1. The quantitative estimate of drug-likeness (QED) is 0.593. The third-order valence-corrected chi connectivity index (χ3v) is 2.76. The van der Waals surface area contributed by atoms with E-state index in [1.165, 1.54) is 12.1 Å². The minimum Gasteiger partial charge on any atom is -0.410 e. The van der Waals surface area contributed by atoms with Crippen molar-refractivity contribution < 1.29 is 19.6 Å². The molecule has 0 spiro atoms. The number of benzene rings is 1. The van der Waals surface area contributed by atoms with Gasteiger partial charge in [0.15, 0.2) is 0 Å². The number of carbonyl (C=O) groups excluding carboxylic acids is 3. The maximum Gasteiger partial charge on any atom is 0.336 e. The minimum atomic E-state index is -1.03. The molecule has 0 aliphatic carbocycles. The summed E-state index contributed by atoms with van der Waals surface area (Å²) in [6.07, 6.45) is 0. The summed E-state index contributed by atoms with van der Waals surface area (Å²) in [5.74, 6) is -2.01. The Morgan fingerprint density at radius 3 is 2.33 bits per heavy atom. The van der Waals surface area contributed by atoms with Crippen LogP contribution in [0, 0.1) is 0 Å². The van der Waals surface area contributed by atoms with Crippen molar-refractivity contribution in [2.75, 3.05) is 4.90 Å². The predicted molar refractivity (Wildman–Crippen MR) is 64.4 cm³/mol. The van der Waals surface area contributed by atoms with Gasteiger partial charge in [-0.05, 0) is 24.3 Å². The smallest absolute Gasteiger partial charge is 0.336 e. The van der Waals surface area contributed by atoms with E-state index in [-0.39, 0.29) is 5.69 Å². The number of imide groups is 2. The Kier molecular flexibility index (Phi) is 3.11. The minimum absolute atomic E-state index is 0.259. The second-order valence-corrected chi connectivity index (χ2v) is 4.24. The van der Waals surface area contributed by atoms with Gasteiger partial charge >= 0.3 is 6.03 Å². The monoisotopic (exact) mass is 311 g/mol. The normalized spacial score (nSPS) is 18.2. The van der Waals surface area contributed by atoms with E-state index in [1.807, 2.05) is 5.32 Å². The van der Waals surface area contributed by atoms with Crippen LogP contribution in [0.15, 0.2) is 33.9 Å². The van der Waals surface area contributed by atoms with Gasteiger partial charge in [0.1, 0.15) is 0 Å². The summed E-state index contributed by atoms with van der Waals surface area (Å²) >= 11 is 3.21. The van der Waals surface area contributed by atoms with Crippen LogP contribution in [-0.2, 0) is 9.59 Å². The van der Waals surface area contributed by atoms with E-state index in [4.69, 9.17) is 5.21 Å². The van der Waals surface area contributed by atoms with Gasteiger partial charge in [0.05, 0.1) is 5.69 Å². The van der Waals surface area contributed by atoms with Crippen molar-refractivity contribution >= 4 is 45.2 Å². The summed E-state index contributed by atoms with van der Waals surface area (Å²) in [6.45, 7) is 0. The Balaban J connectivity index is 2.43. The van der Waals surface area contributed by atoms with Crippen LogP contribution in [-0.4, -0.2) is 28.8 Å². The Morgan fingerprint density at radius 1 is 1.17 bits per heavy atom. The van der Waals surface area contributed by atoms with Crippen LogP contribution in [0.25, 0.3) is 0 Å². The Morgan fingerprint density at radius 2 is 1.78 bits per heavy atom. The lowest BCUT2D eigenvalue weighted by atomic mass is 10.2. The van der Waals surface area contributed by atoms with Gasteiger partial charge in [-0.25, -0.2) is 9.69 Å². The zero-order chi connectivity index (χ0) is 13.3. The Bertz CT molecular complexity index is 567. The molecule has 2 N–H and O–H groups in total. The molecule has 1 aliphatic rings. The summed E-state index contributed by atoms with van der Waals surface area (Å²) in [4.78, 5) is 35.3. The molecule has 1 saturated heterocycles. The van der Waals surface area contributed by atoms with Crippen molar-refractivity contribution in [1.29, 1.82) is 0 Å². The molecule has 92 valence electrons. The zero-order valence-electron chi connectivity index (χ0n) is 8.75. The van der Waals surface area contributed by atoms with Crippen LogP contribution in [0.3, 0.4) is 0 Å². The van der Waals surface area contributed by atoms with Gasteiger partial charge in [0.25, 0.3) is 11.8 Å². The molecule has 1 fully saturated rings. The highest BCUT2D eigenvalue weighted by Gasteiger charge is 2.38. The molecule has 0 bridgehead atoms. The predicted octanol–water partition coefficient (Wildman–Crippen LogP) is 0.862. The van der Waals surface area contributed by atoms with Crippen molar-refractivity contribution in [1.82, 2.24) is 5.32 Å². The van der Waals surface area contributed by atoms with Gasteiger partial charge in [0, 0.05) is 4.47 Å². The lowest BCUT2D eigenvalue weighted by Crippen LogP contribution is -2.58. The lowest BCUT2D eigenvalue weighted by molar-refractivity contribution is -0.118. The Hall–Kier alpha value is -2.22. The van der Waals surface area contributed by atoms with Gasteiger partial charge in [-0.3, -0.25) is 14.9 Å². The molecule has 0 saturated carbocycles. The number of amides is 4. The van der Waals surface area contributed by atoms with E-state index in [0.29, 0.717) is 4.90 Å². The second kappa shape index (κ2) is 4.57. The van der Waals surface area contributed by atoms with E-state index >= 15 is 0 Å². The number of urea groups is 1. The van der Waals surface area contributed by atoms with Gasteiger partial charge in [-0.2, -0.15) is 0 Å². The van der Waals surface area contributed by atoms with Gasteiger partial charge in [-0.1, -0.05) is 21.1 Å². The molecular formula is C10H6BrN3O4. The topological polar surface area (TPSA) is 99.1 Å². The average Bonchev–Trinajstić information content (AvgIpc) is 2.31. The average molecular weight is 312 g/mol. The van der Waals surface area contributed by atoms with Crippen LogP contribution < -0.4 is 10.2 Å². The van der Waals surface area contributed by atoms with Crippen LogP contribution in [0.1, 0.15) is 0 Å². The maximum atomic E-state index is 11.8. The number of nitrogens with zero attached hydrogens (tertiary/aromatic N) is 2. The first-order valence-electron chi connectivity index (χ1n) is 4.72. The summed E-state index contributed by atoms with van der Waals surface area (Å²) in [7, 11) is 0. The van der Waals surface area contributed by atoms with E-state index in [1.54, 1.807) is 12.1 Å². The molecular weight excluding hydrogens is 306 g/mol. The van der Waals surface area contributed by atoms with Crippen molar-refractivity contribution in [2.24, 2.45) is 5.16 Å². The first-order chi connectivity index (χ1) is 8.54. The highest BCUT2D eigenvalue weighted by Crippen LogP contribution is 2.20. The molecule has 0 radical (unpaired) electrons. The van der Waals surface area contributed by atoms with Crippen molar-refractivity contribution in [3.63, 3.8) is 0 Å². The van der Waals surface area contributed by atoms with Crippen molar-refractivity contribution in [2.45, 2.75) is 0 Å². The molecule has 1 aliphatic heterocycles. The fraction of sp³-hybridized carbons (Fsp3) is 0. The fourth-order valence-corrected chi connectivity index (χ4v) is 1.68. The standard InChI is InChI=1S/C10H6BrN3O4/c11-5-1-3-6(4-2-5)14-9(16)7(13-18)8(15)12-10(14)17/h1-4,18H,(H,12,15,17)/b13-7-. The molecule has 1 heterocycles. The number of carbonyl (C=O) groups is 3. The summed E-state index contributed by atoms with van der Waals surface area (Å²) < 4.78 is 0.767. The second-order valence-electron chi connectivity index (χ2n) is 3.32. The van der Waals surface area contributed by atoms with Gasteiger partial charge in [-0.15, -0.1) is 0 Å². The van der Waals surface area contributed by atoms with Crippen LogP contribution in [0.4, 0.5) is 10.5 Å². The molecule has 0 atom stereocenters. The number of oxime groups is 1. The Labute approximate surface area is 109 Å². The van der Waals surface area contributed by atoms with E-state index in [2.05, 4.69) is 21.1 Å². The van der Waals surface area contributed by atoms with Gasteiger partial charge < -0.3 is 5.21 Å². The van der Waals surface area contributed by atoms with Crippen LogP contribution in [0.2, 0.25) is 0 Å². The number of hydrogen-bond acceptors (Lipinski definition) is 5. The molecule has 0 aromatic heterocycles. The van der Waals surface area contributed by atoms with Crippen LogP contribution in [0.5, 0.6) is 0 Å². The largest absolute Gasteiger partial charge is 0.410 e. The molecule has 2 rings (SSSR count). The first-order valence-corrected chi connectivity index (χ1v) is 5.51. The number of halogens is 1. The molecule has 8 heteroatoms. The number of barbiturate groups is 1. The SMILES string of the molecule is O=C1NC(=O)N(c2ccc(Br)cc2)C(=O)/C1=N\O. The first kappa shape index (κ1) is 12.2. The molecule has 4 amide bonds. The number of nitrogens with one attached hydrogen (secondary N) is 1.